The van der Waals surface area contributed by atoms with Crippen molar-refractivity contribution in [3.05, 3.63) is 0 Å². The normalized spacial score (nSPS) is 11.9. The molecule has 0 saturated carbocycles. The second-order valence-electron chi connectivity index (χ2n) is 1.86. The SMILES string of the molecule is CCOP(=O)(COC)OCC. The van der Waals surface area contributed by atoms with E-state index in [1.807, 2.05) is 0 Å². The third-order valence-electron chi connectivity index (χ3n) is 0.939. The summed E-state index contributed by atoms with van der Waals surface area (Å²) in [5, 5.41) is 0. The molecule has 0 aromatic carbocycles. The molecular weight excluding hydrogens is 167 g/mol. The Hall–Kier alpha value is 0.110. The van der Waals surface area contributed by atoms with Crippen molar-refractivity contribution in [1.82, 2.24) is 0 Å². The lowest BCUT2D eigenvalue weighted by atomic mass is 10.9. The summed E-state index contributed by atoms with van der Waals surface area (Å²) >= 11 is 0. The van der Waals surface area contributed by atoms with E-state index in [4.69, 9.17) is 13.8 Å². The van der Waals surface area contributed by atoms with Crippen LogP contribution in [0.2, 0.25) is 0 Å². The van der Waals surface area contributed by atoms with Crippen molar-refractivity contribution in [2.75, 3.05) is 26.7 Å². The first-order valence-corrected chi connectivity index (χ1v) is 5.28. The number of rotatable bonds is 6. The molecule has 11 heavy (non-hydrogen) atoms. The van der Waals surface area contributed by atoms with Gasteiger partial charge in [-0.15, -0.1) is 0 Å². The molecule has 0 aliphatic rings. The van der Waals surface area contributed by atoms with E-state index < -0.39 is 7.60 Å². The minimum atomic E-state index is -2.94. The van der Waals surface area contributed by atoms with Gasteiger partial charge in [-0.25, -0.2) is 0 Å². The maximum atomic E-state index is 11.4. The summed E-state index contributed by atoms with van der Waals surface area (Å²) in [6, 6.07) is 0. The Morgan fingerprint density at radius 2 is 1.64 bits per heavy atom. The highest BCUT2D eigenvalue weighted by atomic mass is 31.2. The van der Waals surface area contributed by atoms with Gasteiger partial charge >= 0.3 is 7.60 Å². The van der Waals surface area contributed by atoms with E-state index >= 15 is 0 Å². The highest BCUT2D eigenvalue weighted by Crippen LogP contribution is 2.47. The molecule has 0 saturated heterocycles. The Morgan fingerprint density at radius 3 is 1.91 bits per heavy atom. The van der Waals surface area contributed by atoms with Gasteiger partial charge in [0, 0.05) is 7.11 Å². The van der Waals surface area contributed by atoms with Crippen LogP contribution in [0.1, 0.15) is 13.8 Å². The fourth-order valence-corrected chi connectivity index (χ4v) is 1.99. The van der Waals surface area contributed by atoms with Crippen LogP contribution < -0.4 is 0 Å². The Kier molecular flexibility index (Phi) is 5.78. The Morgan fingerprint density at radius 1 is 1.18 bits per heavy atom. The molecule has 0 heterocycles. The summed E-state index contributed by atoms with van der Waals surface area (Å²) < 4.78 is 26.0. The molecule has 4 nitrogen and oxygen atoms in total. The maximum Gasteiger partial charge on any atom is 0.356 e. The van der Waals surface area contributed by atoms with Crippen LogP contribution in [0, 0.1) is 0 Å². The molecule has 0 aromatic heterocycles. The lowest BCUT2D eigenvalue weighted by Gasteiger charge is -2.15. The molecule has 5 heteroatoms. The second-order valence-corrected chi connectivity index (χ2v) is 3.86. The molecule has 0 rings (SSSR count). The van der Waals surface area contributed by atoms with Gasteiger partial charge in [0.05, 0.1) is 13.2 Å². The van der Waals surface area contributed by atoms with Crippen LogP contribution in [0.4, 0.5) is 0 Å². The molecule has 0 aromatic rings. The van der Waals surface area contributed by atoms with Crippen LogP contribution in [-0.2, 0) is 18.3 Å². The summed E-state index contributed by atoms with van der Waals surface area (Å²) in [6.45, 7) is 4.28. The van der Waals surface area contributed by atoms with Crippen molar-refractivity contribution in [1.29, 1.82) is 0 Å². The molecule has 0 spiro atoms. The summed E-state index contributed by atoms with van der Waals surface area (Å²) in [5.41, 5.74) is 0. The standard InChI is InChI=1S/C6H15O4P/c1-4-9-11(7,6-8-3)10-5-2/h4-6H2,1-3H3. The Labute approximate surface area is 67.4 Å². The van der Waals surface area contributed by atoms with Crippen molar-refractivity contribution in [3.63, 3.8) is 0 Å². The maximum absolute atomic E-state index is 11.4. The monoisotopic (exact) mass is 182 g/mol. The predicted molar refractivity (Wildman–Crippen MR) is 42.7 cm³/mol. The van der Waals surface area contributed by atoms with Gasteiger partial charge in [0.1, 0.15) is 6.35 Å². The molecule has 0 fully saturated rings. The van der Waals surface area contributed by atoms with Crippen molar-refractivity contribution in [3.8, 4) is 0 Å². The molecule has 0 aliphatic heterocycles. The van der Waals surface area contributed by atoms with Crippen molar-refractivity contribution >= 4 is 7.60 Å². The molecule has 0 atom stereocenters. The van der Waals surface area contributed by atoms with E-state index in [0.717, 1.165) is 0 Å². The van der Waals surface area contributed by atoms with Gasteiger partial charge in [-0.1, -0.05) is 0 Å². The largest absolute Gasteiger partial charge is 0.372 e. The third kappa shape index (κ3) is 4.53. The predicted octanol–water partition coefficient (Wildman–Crippen LogP) is 1.86. The van der Waals surface area contributed by atoms with Crippen LogP contribution in [0.15, 0.2) is 0 Å². The number of methoxy groups -OCH3 is 1. The molecule has 0 aliphatic carbocycles. The molecule has 68 valence electrons. The highest BCUT2D eigenvalue weighted by molar-refractivity contribution is 7.53. The lowest BCUT2D eigenvalue weighted by molar-refractivity contribution is 0.167. The van der Waals surface area contributed by atoms with E-state index in [1.165, 1.54) is 7.11 Å². The van der Waals surface area contributed by atoms with Crippen molar-refractivity contribution < 1.29 is 18.3 Å². The third-order valence-corrected chi connectivity index (χ3v) is 2.82. The van der Waals surface area contributed by atoms with Gasteiger partial charge in [-0.05, 0) is 13.8 Å². The molecule has 0 unspecified atom stereocenters. The zero-order valence-corrected chi connectivity index (χ0v) is 8.10. The molecule has 0 bridgehead atoms. The van der Waals surface area contributed by atoms with Gasteiger partial charge in [0.25, 0.3) is 0 Å². The summed E-state index contributed by atoms with van der Waals surface area (Å²) in [7, 11) is -1.48. The molecule has 0 N–H and O–H groups in total. The van der Waals surface area contributed by atoms with Gasteiger partial charge in [-0.2, -0.15) is 0 Å². The van der Waals surface area contributed by atoms with E-state index in [9.17, 15) is 4.57 Å². The topological polar surface area (TPSA) is 44.8 Å². The fourth-order valence-electron chi connectivity index (χ4n) is 0.663. The minimum absolute atomic E-state index is 0.0225. The van der Waals surface area contributed by atoms with Gasteiger partial charge in [-0.3, -0.25) is 4.57 Å². The van der Waals surface area contributed by atoms with Crippen LogP contribution in [-0.4, -0.2) is 26.7 Å². The summed E-state index contributed by atoms with van der Waals surface area (Å²) in [4.78, 5) is 0. The minimum Gasteiger partial charge on any atom is -0.372 e. The zero-order chi connectivity index (χ0) is 8.74. The zero-order valence-electron chi connectivity index (χ0n) is 7.20. The first kappa shape index (κ1) is 11.1. The molecule has 0 radical (unpaired) electrons. The number of hydrogen-bond acceptors (Lipinski definition) is 4. The Bertz CT molecular complexity index is 113. The summed E-state index contributed by atoms with van der Waals surface area (Å²) in [5.74, 6) is 0. The van der Waals surface area contributed by atoms with E-state index in [2.05, 4.69) is 0 Å². The van der Waals surface area contributed by atoms with Crippen molar-refractivity contribution in [2.45, 2.75) is 13.8 Å². The highest BCUT2D eigenvalue weighted by Gasteiger charge is 2.22. The van der Waals surface area contributed by atoms with E-state index in [-0.39, 0.29) is 6.35 Å². The fraction of sp³-hybridized carbons (Fsp3) is 1.00. The Balaban J connectivity index is 3.91. The van der Waals surface area contributed by atoms with Crippen LogP contribution >= 0.6 is 7.60 Å². The smallest absolute Gasteiger partial charge is 0.356 e. The van der Waals surface area contributed by atoms with E-state index in [0.29, 0.717) is 13.2 Å². The first-order chi connectivity index (χ1) is 5.18. The molecule has 0 amide bonds. The first-order valence-electron chi connectivity index (χ1n) is 3.55. The van der Waals surface area contributed by atoms with Crippen molar-refractivity contribution in [2.24, 2.45) is 0 Å². The number of hydrogen-bond donors (Lipinski definition) is 0. The lowest BCUT2D eigenvalue weighted by Crippen LogP contribution is -2.01. The second kappa shape index (κ2) is 5.72. The number of ether oxygens (including phenoxy) is 1. The van der Waals surface area contributed by atoms with Crippen LogP contribution in [0.25, 0.3) is 0 Å². The van der Waals surface area contributed by atoms with Crippen LogP contribution in [0.5, 0.6) is 0 Å². The van der Waals surface area contributed by atoms with Gasteiger partial charge < -0.3 is 13.8 Å². The average Bonchev–Trinajstić information content (AvgIpc) is 1.88. The quantitative estimate of drug-likeness (QED) is 0.588. The summed E-state index contributed by atoms with van der Waals surface area (Å²) in [6.07, 6.45) is 0.0225. The molecular formula is C6H15O4P. The average molecular weight is 182 g/mol. The van der Waals surface area contributed by atoms with Gasteiger partial charge in [0.15, 0.2) is 0 Å². The van der Waals surface area contributed by atoms with E-state index in [1.54, 1.807) is 13.8 Å². The van der Waals surface area contributed by atoms with Crippen LogP contribution in [0.3, 0.4) is 0 Å². The van der Waals surface area contributed by atoms with Gasteiger partial charge in [0.2, 0.25) is 0 Å².